The molecule has 30 heavy (non-hydrogen) atoms. The van der Waals surface area contributed by atoms with Gasteiger partial charge in [-0.15, -0.1) is 0 Å². The number of fused-ring (bicyclic) bond motifs is 1. The van der Waals surface area contributed by atoms with E-state index in [1.54, 1.807) is 6.07 Å². The first-order valence-electron chi connectivity index (χ1n) is 9.62. The summed E-state index contributed by atoms with van der Waals surface area (Å²) in [6.07, 6.45) is 0. The number of carbonyl (C=O) groups excluding carboxylic acids is 1. The molecule has 4 N–H and O–H groups in total. The van der Waals surface area contributed by atoms with Gasteiger partial charge in [-0.2, -0.15) is 9.61 Å². The summed E-state index contributed by atoms with van der Waals surface area (Å²) in [5.41, 5.74) is 8.27. The maximum Gasteiger partial charge on any atom is 0.277 e. The highest BCUT2D eigenvalue weighted by molar-refractivity contribution is 7.19. The average Bonchev–Trinajstić information content (AvgIpc) is 3.19. The summed E-state index contributed by atoms with van der Waals surface area (Å²) in [7, 11) is 0. The topological polar surface area (TPSA) is 118 Å². The van der Waals surface area contributed by atoms with Crippen LogP contribution in [0.5, 0.6) is 0 Å². The van der Waals surface area contributed by atoms with Crippen LogP contribution in [0.4, 0.5) is 11.5 Å². The van der Waals surface area contributed by atoms with Crippen LogP contribution in [0.3, 0.4) is 0 Å². The molecule has 0 radical (unpaired) electrons. The van der Waals surface area contributed by atoms with E-state index in [0.29, 0.717) is 21.5 Å². The summed E-state index contributed by atoms with van der Waals surface area (Å²) >= 11 is 1.33. The van der Waals surface area contributed by atoms with Crippen molar-refractivity contribution in [2.75, 3.05) is 42.9 Å². The van der Waals surface area contributed by atoms with Gasteiger partial charge in [0.25, 0.3) is 5.56 Å². The van der Waals surface area contributed by atoms with Crippen LogP contribution >= 0.6 is 11.3 Å². The number of hydrogen-bond acceptors (Lipinski definition) is 8. The standard InChI is InChI=1S/C20H23N7O2S/c1-12(2)13-7-14(9-15(8-13)23-17(28)11-21)19-25-27-18(29)10-16(24-20(27)30-19)26-5-3-22-4-6-26/h7-10,22H,1,3-6,11,21H2,2H3,(H,23,28). The molecular weight excluding hydrogens is 402 g/mol. The van der Waals surface area contributed by atoms with Gasteiger partial charge in [-0.05, 0) is 30.7 Å². The van der Waals surface area contributed by atoms with Crippen LogP contribution in [0.2, 0.25) is 0 Å². The van der Waals surface area contributed by atoms with Gasteiger partial charge in [0.1, 0.15) is 10.8 Å². The maximum atomic E-state index is 12.7. The van der Waals surface area contributed by atoms with Gasteiger partial charge >= 0.3 is 0 Å². The zero-order valence-electron chi connectivity index (χ0n) is 16.6. The summed E-state index contributed by atoms with van der Waals surface area (Å²) in [5.74, 6) is 0.381. The molecule has 3 aromatic rings. The van der Waals surface area contributed by atoms with Gasteiger partial charge in [-0.1, -0.05) is 23.5 Å². The summed E-state index contributed by atoms with van der Waals surface area (Å²) < 4.78 is 1.32. The van der Waals surface area contributed by atoms with Gasteiger partial charge in [0.15, 0.2) is 0 Å². The molecule has 1 aromatic carbocycles. The van der Waals surface area contributed by atoms with Gasteiger partial charge in [0.05, 0.1) is 6.54 Å². The van der Waals surface area contributed by atoms with Crippen LogP contribution in [0, 0.1) is 0 Å². The monoisotopic (exact) mass is 425 g/mol. The van der Waals surface area contributed by atoms with Gasteiger partial charge in [-0.3, -0.25) is 9.59 Å². The molecule has 1 amide bonds. The Hall–Kier alpha value is -3.08. The second-order valence-electron chi connectivity index (χ2n) is 7.12. The van der Waals surface area contributed by atoms with E-state index in [-0.39, 0.29) is 18.0 Å². The summed E-state index contributed by atoms with van der Waals surface area (Å²) in [6, 6.07) is 7.10. The summed E-state index contributed by atoms with van der Waals surface area (Å²) in [6.45, 7) is 9.10. The number of anilines is 2. The van der Waals surface area contributed by atoms with Crippen molar-refractivity contribution in [3.05, 3.63) is 46.8 Å². The third kappa shape index (κ3) is 4.11. The van der Waals surface area contributed by atoms with E-state index < -0.39 is 0 Å². The van der Waals surface area contributed by atoms with Gasteiger partial charge in [-0.25, -0.2) is 4.98 Å². The van der Waals surface area contributed by atoms with E-state index in [1.165, 1.54) is 21.9 Å². The number of aromatic nitrogens is 3. The fraction of sp³-hybridized carbons (Fsp3) is 0.300. The lowest BCUT2D eigenvalue weighted by molar-refractivity contribution is -0.114. The molecule has 1 aliphatic heterocycles. The number of rotatable bonds is 5. The van der Waals surface area contributed by atoms with E-state index in [2.05, 4.69) is 32.2 Å². The first kappa shape index (κ1) is 20.2. The van der Waals surface area contributed by atoms with Gasteiger partial charge < -0.3 is 21.3 Å². The molecule has 0 bridgehead atoms. The van der Waals surface area contributed by atoms with Crippen molar-refractivity contribution in [1.82, 2.24) is 19.9 Å². The second kappa shape index (κ2) is 8.34. The van der Waals surface area contributed by atoms with Crippen molar-refractivity contribution in [3.63, 3.8) is 0 Å². The molecule has 156 valence electrons. The lowest BCUT2D eigenvalue weighted by Gasteiger charge is -2.27. The Morgan fingerprint density at radius 2 is 2.07 bits per heavy atom. The number of allylic oxidation sites excluding steroid dienone is 1. The highest BCUT2D eigenvalue weighted by atomic mass is 32.1. The Morgan fingerprint density at radius 1 is 1.30 bits per heavy atom. The van der Waals surface area contributed by atoms with Crippen LogP contribution in [0.25, 0.3) is 21.1 Å². The Balaban J connectivity index is 1.77. The molecule has 0 unspecified atom stereocenters. The van der Waals surface area contributed by atoms with E-state index in [9.17, 15) is 9.59 Å². The van der Waals surface area contributed by atoms with Crippen LogP contribution in [-0.4, -0.2) is 53.2 Å². The van der Waals surface area contributed by atoms with E-state index in [1.807, 2.05) is 19.1 Å². The molecule has 4 rings (SSSR count). The number of piperazine rings is 1. The number of benzene rings is 1. The number of hydrogen-bond donors (Lipinski definition) is 3. The maximum absolute atomic E-state index is 12.7. The molecule has 1 fully saturated rings. The van der Waals surface area contributed by atoms with Crippen molar-refractivity contribution >= 4 is 39.3 Å². The van der Waals surface area contributed by atoms with Crippen LogP contribution in [0.15, 0.2) is 35.6 Å². The smallest absolute Gasteiger partial charge is 0.277 e. The van der Waals surface area contributed by atoms with Crippen LogP contribution in [0.1, 0.15) is 12.5 Å². The SMILES string of the molecule is C=C(C)c1cc(NC(=O)CN)cc(-c2nn3c(=O)cc(N4CCNCC4)nc3s2)c1. The Bertz CT molecular complexity index is 1180. The van der Waals surface area contributed by atoms with Crippen molar-refractivity contribution in [3.8, 4) is 10.6 Å². The van der Waals surface area contributed by atoms with Crippen molar-refractivity contribution in [2.24, 2.45) is 5.73 Å². The quantitative estimate of drug-likeness (QED) is 0.561. The Labute approximate surface area is 177 Å². The fourth-order valence-corrected chi connectivity index (χ4v) is 4.14. The van der Waals surface area contributed by atoms with Gasteiger partial charge in [0.2, 0.25) is 10.9 Å². The lowest BCUT2D eigenvalue weighted by Crippen LogP contribution is -2.44. The zero-order chi connectivity index (χ0) is 21.3. The molecule has 0 spiro atoms. The third-order valence-corrected chi connectivity index (χ3v) is 5.77. The first-order chi connectivity index (χ1) is 14.4. The molecule has 0 atom stereocenters. The molecule has 0 aliphatic carbocycles. The highest BCUT2D eigenvalue weighted by Crippen LogP contribution is 2.30. The van der Waals surface area contributed by atoms with Crippen LogP contribution < -0.4 is 26.8 Å². The van der Waals surface area contributed by atoms with E-state index in [4.69, 9.17) is 5.73 Å². The molecular formula is C20H23N7O2S. The van der Waals surface area contributed by atoms with Crippen molar-refractivity contribution < 1.29 is 4.79 Å². The molecule has 3 heterocycles. The Kier molecular flexibility index (Phi) is 5.62. The summed E-state index contributed by atoms with van der Waals surface area (Å²) in [5, 5.41) is 11.2. The lowest BCUT2D eigenvalue weighted by atomic mass is 10.0. The molecule has 1 saturated heterocycles. The minimum atomic E-state index is -0.289. The third-order valence-electron chi connectivity index (χ3n) is 4.81. The largest absolute Gasteiger partial charge is 0.354 e. The Morgan fingerprint density at radius 3 is 2.77 bits per heavy atom. The number of carbonyl (C=O) groups is 1. The number of nitrogens with two attached hydrogens (primary N) is 1. The molecule has 10 heteroatoms. The average molecular weight is 426 g/mol. The minimum absolute atomic E-state index is 0.109. The molecule has 9 nitrogen and oxygen atoms in total. The number of nitrogens with one attached hydrogen (secondary N) is 2. The van der Waals surface area contributed by atoms with Crippen molar-refractivity contribution in [1.29, 1.82) is 0 Å². The van der Waals surface area contributed by atoms with E-state index >= 15 is 0 Å². The predicted octanol–water partition coefficient (Wildman–Crippen LogP) is 1.16. The normalized spacial score (nSPS) is 14.1. The highest BCUT2D eigenvalue weighted by Gasteiger charge is 2.17. The van der Waals surface area contributed by atoms with Crippen molar-refractivity contribution in [2.45, 2.75) is 6.92 Å². The fourth-order valence-electron chi connectivity index (χ4n) is 3.25. The number of amides is 1. The second-order valence-corrected chi connectivity index (χ2v) is 8.08. The summed E-state index contributed by atoms with van der Waals surface area (Å²) in [4.78, 5) is 31.7. The molecule has 0 saturated carbocycles. The zero-order valence-corrected chi connectivity index (χ0v) is 17.5. The predicted molar refractivity (Wildman–Crippen MR) is 120 cm³/mol. The minimum Gasteiger partial charge on any atom is -0.354 e. The first-order valence-corrected chi connectivity index (χ1v) is 10.4. The van der Waals surface area contributed by atoms with Crippen LogP contribution in [-0.2, 0) is 4.79 Å². The van der Waals surface area contributed by atoms with E-state index in [0.717, 1.165) is 42.9 Å². The molecule has 1 aliphatic rings. The number of nitrogens with zero attached hydrogens (tertiary/aromatic N) is 4. The molecule has 2 aromatic heterocycles. The van der Waals surface area contributed by atoms with Gasteiger partial charge in [0, 0.05) is 43.5 Å².